The van der Waals surface area contributed by atoms with Gasteiger partial charge in [-0.25, -0.2) is 0 Å². The fraction of sp³-hybridized carbons (Fsp3) is 0.250. The van der Waals surface area contributed by atoms with Crippen molar-refractivity contribution in [2.45, 2.75) is 51.4 Å². The van der Waals surface area contributed by atoms with E-state index in [0.717, 1.165) is 5.69 Å². The minimum Gasteiger partial charge on any atom is -0.356 e. The third kappa shape index (κ3) is 4.33. The van der Waals surface area contributed by atoms with Crippen molar-refractivity contribution in [2.75, 3.05) is 5.32 Å². The Hall–Kier alpha value is -3.32. The Morgan fingerprint density at radius 2 is 0.939 bits per heavy atom. The van der Waals surface area contributed by atoms with Gasteiger partial charge in [-0.3, -0.25) is 0 Å². The summed E-state index contributed by atoms with van der Waals surface area (Å²) in [6, 6.07) is 35.0. The van der Waals surface area contributed by atoms with Crippen LogP contribution in [-0.4, -0.2) is 0 Å². The highest BCUT2D eigenvalue weighted by molar-refractivity contribution is 5.72. The van der Waals surface area contributed by atoms with Crippen LogP contribution in [0.4, 0.5) is 11.4 Å². The van der Waals surface area contributed by atoms with Crippen LogP contribution in [-0.2, 0) is 10.8 Å². The molecule has 0 spiro atoms. The molecule has 4 aromatic rings. The van der Waals surface area contributed by atoms with Gasteiger partial charge < -0.3 is 5.32 Å². The lowest BCUT2D eigenvalue weighted by Gasteiger charge is -2.42. The Balaban J connectivity index is 1.35. The first-order valence-electron chi connectivity index (χ1n) is 12.0. The maximum Gasteiger partial charge on any atom is 0.0387 e. The molecule has 0 atom stereocenters. The summed E-state index contributed by atoms with van der Waals surface area (Å²) in [5.41, 5.74) is 10.7. The Morgan fingerprint density at radius 3 is 1.52 bits per heavy atom. The van der Waals surface area contributed by atoms with Crippen LogP contribution < -0.4 is 5.32 Å². The van der Waals surface area contributed by atoms with Gasteiger partial charge in [-0.2, -0.15) is 0 Å². The normalized spacial score (nSPS) is 16.1. The van der Waals surface area contributed by atoms with Crippen LogP contribution in [0.1, 0.15) is 51.7 Å². The van der Waals surface area contributed by atoms with Gasteiger partial charge in [-0.05, 0) is 81.3 Å². The molecule has 5 rings (SSSR count). The molecular formula is C32H33N. The maximum absolute atomic E-state index is 3.63. The summed E-state index contributed by atoms with van der Waals surface area (Å²) in [7, 11) is 0. The van der Waals surface area contributed by atoms with Crippen LogP contribution in [0.2, 0.25) is 0 Å². The lowest BCUT2D eigenvalue weighted by atomic mass is 9.63. The molecular weight excluding hydrogens is 398 g/mol. The third-order valence-electron chi connectivity index (χ3n) is 7.35. The molecule has 0 heterocycles. The van der Waals surface area contributed by atoms with Crippen LogP contribution >= 0.6 is 0 Å². The van der Waals surface area contributed by atoms with Crippen LogP contribution in [0.3, 0.4) is 0 Å². The van der Waals surface area contributed by atoms with Crippen molar-refractivity contribution in [1.82, 2.24) is 0 Å². The van der Waals surface area contributed by atoms with Crippen molar-refractivity contribution >= 4 is 11.4 Å². The third-order valence-corrected chi connectivity index (χ3v) is 7.35. The van der Waals surface area contributed by atoms with E-state index in [1.807, 2.05) is 0 Å². The zero-order valence-electron chi connectivity index (χ0n) is 20.2. The number of hydrogen-bond donors (Lipinski definition) is 1. The first kappa shape index (κ1) is 21.5. The number of nitrogens with one attached hydrogen (secondary N) is 1. The van der Waals surface area contributed by atoms with E-state index >= 15 is 0 Å². The van der Waals surface area contributed by atoms with Crippen molar-refractivity contribution in [1.29, 1.82) is 0 Å². The summed E-state index contributed by atoms with van der Waals surface area (Å²) in [6.45, 7) is 9.50. The summed E-state index contributed by atoms with van der Waals surface area (Å²) in [5, 5.41) is 3.63. The Labute approximate surface area is 198 Å². The Bertz CT molecular complexity index is 1250. The zero-order valence-corrected chi connectivity index (χ0v) is 20.2. The molecule has 1 N–H and O–H groups in total. The van der Waals surface area contributed by atoms with Crippen molar-refractivity contribution < 1.29 is 0 Å². The van der Waals surface area contributed by atoms with Gasteiger partial charge in [0.05, 0.1) is 0 Å². The number of anilines is 2. The molecule has 4 aromatic carbocycles. The standard InChI is InChI=1S/C32H33N/c1-31(2)20-21-32(3,4)30-22-28(18-19-29(30)31)33-27-16-14-26(15-17-27)25-12-10-24(11-13-25)23-8-6-5-7-9-23/h5-19,22,33H,20-21H2,1-4H3. The van der Waals surface area contributed by atoms with E-state index in [-0.39, 0.29) is 10.8 Å². The molecule has 0 saturated carbocycles. The highest BCUT2D eigenvalue weighted by Gasteiger charge is 2.36. The molecule has 1 nitrogen and oxygen atoms in total. The highest BCUT2D eigenvalue weighted by Crippen LogP contribution is 2.46. The molecule has 0 aromatic heterocycles. The van der Waals surface area contributed by atoms with Crippen LogP contribution in [0.5, 0.6) is 0 Å². The summed E-state index contributed by atoms with van der Waals surface area (Å²) in [4.78, 5) is 0. The van der Waals surface area contributed by atoms with E-state index in [1.54, 1.807) is 0 Å². The van der Waals surface area contributed by atoms with Crippen molar-refractivity contribution in [3.63, 3.8) is 0 Å². The molecule has 0 radical (unpaired) electrons. The minimum absolute atomic E-state index is 0.221. The van der Waals surface area contributed by atoms with Crippen LogP contribution in [0, 0.1) is 0 Å². The van der Waals surface area contributed by atoms with E-state index in [9.17, 15) is 0 Å². The highest BCUT2D eigenvalue weighted by atomic mass is 14.9. The van der Waals surface area contributed by atoms with Gasteiger partial charge in [0.15, 0.2) is 0 Å². The fourth-order valence-corrected chi connectivity index (χ4v) is 5.06. The van der Waals surface area contributed by atoms with Gasteiger partial charge in [0, 0.05) is 11.4 Å². The smallest absolute Gasteiger partial charge is 0.0387 e. The number of rotatable bonds is 4. The Kier molecular flexibility index (Phi) is 5.37. The topological polar surface area (TPSA) is 12.0 Å². The second kappa shape index (κ2) is 8.23. The molecule has 0 unspecified atom stereocenters. The monoisotopic (exact) mass is 431 g/mol. The molecule has 1 aliphatic rings. The molecule has 166 valence electrons. The molecule has 1 heteroatoms. The van der Waals surface area contributed by atoms with E-state index in [0.29, 0.717) is 0 Å². The summed E-state index contributed by atoms with van der Waals surface area (Å²) in [6.07, 6.45) is 2.47. The lowest BCUT2D eigenvalue weighted by molar-refractivity contribution is 0.332. The first-order chi connectivity index (χ1) is 15.8. The maximum atomic E-state index is 3.63. The van der Waals surface area contributed by atoms with Gasteiger partial charge in [0.2, 0.25) is 0 Å². The van der Waals surface area contributed by atoms with Crippen molar-refractivity contribution in [2.24, 2.45) is 0 Å². The van der Waals surface area contributed by atoms with Crippen molar-refractivity contribution in [3.8, 4) is 22.3 Å². The van der Waals surface area contributed by atoms with E-state index in [2.05, 4.69) is 130 Å². The number of benzene rings is 4. The molecule has 0 amide bonds. The SMILES string of the molecule is CC1(C)CCC(C)(C)c2cc(Nc3ccc(-c4ccc(-c5ccccc5)cc4)cc3)ccc21. The predicted octanol–water partition coefficient (Wildman–Crippen LogP) is 9.11. The first-order valence-corrected chi connectivity index (χ1v) is 12.0. The van der Waals surface area contributed by atoms with Gasteiger partial charge in [-0.1, -0.05) is 100 Å². The van der Waals surface area contributed by atoms with Gasteiger partial charge in [0.25, 0.3) is 0 Å². The second-order valence-corrected chi connectivity index (χ2v) is 10.7. The summed E-state index contributed by atoms with van der Waals surface area (Å²) >= 11 is 0. The molecule has 1 aliphatic carbocycles. The molecule has 0 aliphatic heterocycles. The van der Waals surface area contributed by atoms with Crippen LogP contribution in [0.15, 0.2) is 97.1 Å². The quantitative estimate of drug-likeness (QED) is 0.340. The predicted molar refractivity (Wildman–Crippen MR) is 142 cm³/mol. The summed E-state index contributed by atoms with van der Waals surface area (Å²) < 4.78 is 0. The van der Waals surface area contributed by atoms with Gasteiger partial charge in [0.1, 0.15) is 0 Å². The summed E-state index contributed by atoms with van der Waals surface area (Å²) in [5.74, 6) is 0. The number of fused-ring (bicyclic) bond motifs is 1. The van der Waals surface area contributed by atoms with Gasteiger partial charge in [-0.15, -0.1) is 0 Å². The minimum atomic E-state index is 0.221. The average molecular weight is 432 g/mol. The average Bonchev–Trinajstić information content (AvgIpc) is 2.83. The van der Waals surface area contributed by atoms with Gasteiger partial charge >= 0.3 is 0 Å². The van der Waals surface area contributed by atoms with E-state index < -0.39 is 0 Å². The zero-order chi connectivity index (χ0) is 23.1. The molecule has 33 heavy (non-hydrogen) atoms. The lowest BCUT2D eigenvalue weighted by Crippen LogP contribution is -2.33. The molecule has 0 saturated heterocycles. The molecule has 0 bridgehead atoms. The fourth-order valence-electron chi connectivity index (χ4n) is 5.06. The molecule has 0 fully saturated rings. The second-order valence-electron chi connectivity index (χ2n) is 10.7. The largest absolute Gasteiger partial charge is 0.356 e. The Morgan fingerprint density at radius 1 is 0.485 bits per heavy atom. The van der Waals surface area contributed by atoms with E-state index in [1.165, 1.54) is 51.9 Å². The van der Waals surface area contributed by atoms with E-state index in [4.69, 9.17) is 0 Å². The number of hydrogen-bond acceptors (Lipinski definition) is 1. The van der Waals surface area contributed by atoms with Crippen molar-refractivity contribution in [3.05, 3.63) is 108 Å². The van der Waals surface area contributed by atoms with Crippen LogP contribution in [0.25, 0.3) is 22.3 Å².